The molecule has 0 atom stereocenters. The van der Waals surface area contributed by atoms with Crippen LogP contribution >= 0.6 is 11.8 Å². The maximum atomic E-state index is 11.8. The van der Waals surface area contributed by atoms with Crippen LogP contribution in [0.1, 0.15) is 19.3 Å². The van der Waals surface area contributed by atoms with Crippen molar-refractivity contribution < 1.29 is 18.3 Å². The second kappa shape index (κ2) is 6.46. The third-order valence-corrected chi connectivity index (χ3v) is 5.37. The highest BCUT2D eigenvalue weighted by Gasteiger charge is 2.22. The summed E-state index contributed by atoms with van der Waals surface area (Å²) < 4.78 is 25.2. The fourth-order valence-corrected chi connectivity index (χ4v) is 4.08. The normalized spacial score (nSPS) is 19.2. The molecule has 1 fully saturated rings. The summed E-state index contributed by atoms with van der Waals surface area (Å²) in [4.78, 5) is 10.3. The fourth-order valence-electron chi connectivity index (χ4n) is 1.54. The van der Waals surface area contributed by atoms with Crippen molar-refractivity contribution in [3.63, 3.8) is 0 Å². The van der Waals surface area contributed by atoms with E-state index in [4.69, 9.17) is 5.11 Å². The summed E-state index contributed by atoms with van der Waals surface area (Å²) in [5, 5.41) is 8.45. The van der Waals surface area contributed by atoms with E-state index in [1.807, 2.05) is 0 Å². The number of rotatable bonds is 5. The smallest absolute Gasteiger partial charge is 0.303 e. The standard InChI is InChI=1S/C9H17NO4S2/c11-9(12)3-1-8-16(13,14)10-4-2-6-15-7-5-10/h1-8H2,(H,11,12). The average molecular weight is 267 g/mol. The molecule has 0 unspecified atom stereocenters. The van der Waals surface area contributed by atoms with Crippen molar-refractivity contribution >= 4 is 27.8 Å². The zero-order valence-electron chi connectivity index (χ0n) is 9.09. The summed E-state index contributed by atoms with van der Waals surface area (Å²) in [5.41, 5.74) is 0. The molecule has 0 radical (unpaired) electrons. The van der Waals surface area contributed by atoms with Crippen LogP contribution < -0.4 is 0 Å². The van der Waals surface area contributed by atoms with E-state index in [-0.39, 0.29) is 18.6 Å². The van der Waals surface area contributed by atoms with Gasteiger partial charge in [-0.1, -0.05) is 0 Å². The number of aliphatic carboxylic acids is 1. The minimum atomic E-state index is -3.25. The van der Waals surface area contributed by atoms with Crippen LogP contribution in [0.25, 0.3) is 0 Å². The molecule has 0 aromatic rings. The molecule has 5 nitrogen and oxygen atoms in total. The van der Waals surface area contributed by atoms with Gasteiger partial charge < -0.3 is 5.11 Å². The van der Waals surface area contributed by atoms with Crippen molar-refractivity contribution in [2.24, 2.45) is 0 Å². The fraction of sp³-hybridized carbons (Fsp3) is 0.889. The Bertz CT molecular complexity index is 320. The molecule has 1 rings (SSSR count). The van der Waals surface area contributed by atoms with E-state index >= 15 is 0 Å². The van der Waals surface area contributed by atoms with Gasteiger partial charge in [0.25, 0.3) is 0 Å². The number of hydrogen-bond donors (Lipinski definition) is 1. The molecule has 1 heterocycles. The molecular formula is C9H17NO4S2. The lowest BCUT2D eigenvalue weighted by Crippen LogP contribution is -2.34. The van der Waals surface area contributed by atoms with Gasteiger partial charge in [-0.05, 0) is 18.6 Å². The zero-order valence-corrected chi connectivity index (χ0v) is 10.7. The van der Waals surface area contributed by atoms with Crippen molar-refractivity contribution in [1.82, 2.24) is 4.31 Å². The predicted octanol–water partition coefficient (Wildman–Crippen LogP) is 0.620. The molecule has 0 saturated carbocycles. The molecular weight excluding hydrogens is 250 g/mol. The third kappa shape index (κ3) is 4.71. The first kappa shape index (κ1) is 13.8. The lowest BCUT2D eigenvalue weighted by atomic mass is 10.3. The topological polar surface area (TPSA) is 74.7 Å². The summed E-state index contributed by atoms with van der Waals surface area (Å²) >= 11 is 1.76. The van der Waals surface area contributed by atoms with Crippen LogP contribution in [0.3, 0.4) is 0 Å². The quantitative estimate of drug-likeness (QED) is 0.790. The van der Waals surface area contributed by atoms with Gasteiger partial charge in [0, 0.05) is 25.3 Å². The summed E-state index contributed by atoms with van der Waals surface area (Å²) in [7, 11) is -3.25. The Labute approximate surface area is 100 Å². The van der Waals surface area contributed by atoms with Crippen molar-refractivity contribution in [3.8, 4) is 0 Å². The first-order chi connectivity index (χ1) is 7.52. The molecule has 0 aromatic heterocycles. The summed E-state index contributed by atoms with van der Waals surface area (Å²) in [6, 6.07) is 0. The number of thioether (sulfide) groups is 1. The Hall–Kier alpha value is -0.270. The zero-order chi connectivity index (χ0) is 12.0. The minimum Gasteiger partial charge on any atom is -0.481 e. The molecule has 0 bridgehead atoms. The third-order valence-electron chi connectivity index (χ3n) is 2.37. The van der Waals surface area contributed by atoms with Crippen molar-refractivity contribution in [3.05, 3.63) is 0 Å². The SMILES string of the molecule is O=C(O)CCCS(=O)(=O)N1CCCSCC1. The van der Waals surface area contributed by atoms with Crippen molar-refractivity contribution in [2.75, 3.05) is 30.3 Å². The first-order valence-corrected chi connectivity index (χ1v) is 8.06. The summed E-state index contributed by atoms with van der Waals surface area (Å²) in [6.45, 7) is 1.13. The van der Waals surface area contributed by atoms with Gasteiger partial charge in [0.15, 0.2) is 0 Å². The Morgan fingerprint density at radius 2 is 2.06 bits per heavy atom. The number of sulfonamides is 1. The molecule has 1 saturated heterocycles. The Balaban J connectivity index is 2.44. The maximum absolute atomic E-state index is 11.8. The van der Waals surface area contributed by atoms with Gasteiger partial charge in [0.05, 0.1) is 5.75 Å². The first-order valence-electron chi connectivity index (χ1n) is 5.30. The summed E-state index contributed by atoms with van der Waals surface area (Å²) in [5.74, 6) is 0.838. The van der Waals surface area contributed by atoms with Gasteiger partial charge in [-0.2, -0.15) is 11.8 Å². The van der Waals surface area contributed by atoms with E-state index in [0.717, 1.165) is 17.9 Å². The van der Waals surface area contributed by atoms with Crippen LogP contribution in [-0.2, 0) is 14.8 Å². The lowest BCUT2D eigenvalue weighted by Gasteiger charge is -2.19. The number of hydrogen-bond acceptors (Lipinski definition) is 4. The molecule has 0 spiro atoms. The largest absolute Gasteiger partial charge is 0.481 e. The second-order valence-corrected chi connectivity index (χ2v) is 6.99. The Morgan fingerprint density at radius 3 is 2.75 bits per heavy atom. The van der Waals surface area contributed by atoms with E-state index < -0.39 is 16.0 Å². The van der Waals surface area contributed by atoms with Gasteiger partial charge in [0.1, 0.15) is 0 Å². The van der Waals surface area contributed by atoms with Crippen LogP contribution in [0.4, 0.5) is 0 Å². The van der Waals surface area contributed by atoms with Crippen LogP contribution in [0.2, 0.25) is 0 Å². The van der Waals surface area contributed by atoms with Crippen LogP contribution in [0.5, 0.6) is 0 Å². The van der Waals surface area contributed by atoms with Gasteiger partial charge in [0.2, 0.25) is 10.0 Å². The van der Waals surface area contributed by atoms with Crippen molar-refractivity contribution in [1.29, 1.82) is 0 Å². The van der Waals surface area contributed by atoms with Crippen LogP contribution in [0, 0.1) is 0 Å². The Kier molecular flexibility index (Phi) is 5.57. The number of carboxylic acids is 1. The second-order valence-electron chi connectivity index (χ2n) is 3.68. The van der Waals surface area contributed by atoms with Crippen molar-refractivity contribution in [2.45, 2.75) is 19.3 Å². The van der Waals surface area contributed by atoms with Gasteiger partial charge in [-0.25, -0.2) is 12.7 Å². The molecule has 0 aliphatic carbocycles. The number of carbonyl (C=O) groups is 1. The highest BCUT2D eigenvalue weighted by molar-refractivity contribution is 7.99. The van der Waals surface area contributed by atoms with Gasteiger partial charge >= 0.3 is 5.97 Å². The van der Waals surface area contributed by atoms with Crippen LogP contribution in [0.15, 0.2) is 0 Å². The Morgan fingerprint density at radius 1 is 1.31 bits per heavy atom. The van der Waals surface area contributed by atoms with E-state index in [1.165, 1.54) is 4.31 Å². The number of nitrogens with zero attached hydrogens (tertiary/aromatic N) is 1. The van der Waals surface area contributed by atoms with E-state index in [2.05, 4.69) is 0 Å². The lowest BCUT2D eigenvalue weighted by molar-refractivity contribution is -0.137. The van der Waals surface area contributed by atoms with Gasteiger partial charge in [-0.15, -0.1) is 0 Å². The summed E-state index contributed by atoms with van der Waals surface area (Å²) in [6.07, 6.45) is 0.992. The minimum absolute atomic E-state index is 0.0516. The molecule has 7 heteroatoms. The van der Waals surface area contributed by atoms with Crippen LogP contribution in [-0.4, -0.2) is 54.1 Å². The monoisotopic (exact) mass is 267 g/mol. The predicted molar refractivity (Wildman–Crippen MR) is 64.2 cm³/mol. The highest BCUT2D eigenvalue weighted by Crippen LogP contribution is 2.14. The maximum Gasteiger partial charge on any atom is 0.303 e. The number of carboxylic acid groups (broad SMARTS) is 1. The van der Waals surface area contributed by atoms with E-state index in [1.54, 1.807) is 11.8 Å². The van der Waals surface area contributed by atoms with E-state index in [0.29, 0.717) is 13.1 Å². The van der Waals surface area contributed by atoms with E-state index in [9.17, 15) is 13.2 Å². The molecule has 16 heavy (non-hydrogen) atoms. The molecule has 0 amide bonds. The molecule has 1 N–H and O–H groups in total. The van der Waals surface area contributed by atoms with Gasteiger partial charge in [-0.3, -0.25) is 4.79 Å². The molecule has 1 aliphatic heterocycles. The molecule has 94 valence electrons. The molecule has 0 aromatic carbocycles. The average Bonchev–Trinajstić information content (AvgIpc) is 2.44. The molecule has 1 aliphatic rings. The highest BCUT2D eigenvalue weighted by atomic mass is 32.2.